The normalized spacial score (nSPS) is 29.2. The van der Waals surface area contributed by atoms with Gasteiger partial charge in [0.25, 0.3) is 0 Å². The van der Waals surface area contributed by atoms with Gasteiger partial charge in [-0.05, 0) is 0 Å². The van der Waals surface area contributed by atoms with Gasteiger partial charge in [-0.15, -0.1) is 0 Å². The summed E-state index contributed by atoms with van der Waals surface area (Å²) in [4.78, 5) is 3.86. The van der Waals surface area contributed by atoms with Crippen molar-refractivity contribution in [2.24, 2.45) is 10.9 Å². The first kappa shape index (κ1) is 3.59. The van der Waals surface area contributed by atoms with Crippen LogP contribution in [-0.4, -0.2) is 6.21 Å². The Balaban J connectivity index is 2.60. The van der Waals surface area contributed by atoms with Crippen LogP contribution in [0.5, 0.6) is 0 Å². The molecule has 1 atom stereocenters. The predicted octanol–water partition coefficient (Wildman–Crippen LogP) is 1.22. The van der Waals surface area contributed by atoms with Gasteiger partial charge in [-0.3, -0.25) is 4.99 Å². The molecule has 1 aliphatic heterocycles. The van der Waals surface area contributed by atoms with E-state index in [4.69, 9.17) is 0 Å². The third kappa shape index (κ3) is 0.482. The standard InChI is InChI=1S/C5H7N/c1-5-2-3-6-4-5/h2-5H,1H3. The average molecular weight is 81.1 g/mol. The van der Waals surface area contributed by atoms with Crippen molar-refractivity contribution in [2.75, 3.05) is 0 Å². The molecule has 1 heteroatoms. The molecule has 0 radical (unpaired) electrons. The first-order chi connectivity index (χ1) is 2.89. The number of hydrogen-bond acceptors (Lipinski definition) is 1. The molecular formula is C5H7N. The summed E-state index contributed by atoms with van der Waals surface area (Å²) in [5.41, 5.74) is 0. The third-order valence-corrected chi connectivity index (χ3v) is 0.797. The summed E-state index contributed by atoms with van der Waals surface area (Å²) in [5, 5.41) is 0. The van der Waals surface area contributed by atoms with Crippen LogP contribution < -0.4 is 0 Å². The Kier molecular flexibility index (Phi) is 0.748. The van der Waals surface area contributed by atoms with Crippen molar-refractivity contribution >= 4 is 6.21 Å². The highest BCUT2D eigenvalue weighted by atomic mass is 14.7. The number of nitrogens with zero attached hydrogens (tertiary/aromatic N) is 1. The second kappa shape index (κ2) is 1.25. The van der Waals surface area contributed by atoms with Gasteiger partial charge in [0.2, 0.25) is 0 Å². The summed E-state index contributed by atoms with van der Waals surface area (Å²) in [6, 6.07) is 0. The topological polar surface area (TPSA) is 12.4 Å². The molecule has 0 aromatic carbocycles. The number of allylic oxidation sites excluding steroid dienone is 1. The highest BCUT2D eigenvalue weighted by molar-refractivity contribution is 5.66. The Hall–Kier alpha value is -0.590. The molecule has 0 N–H and O–H groups in total. The van der Waals surface area contributed by atoms with Crippen LogP contribution in [0.15, 0.2) is 17.3 Å². The highest BCUT2D eigenvalue weighted by Crippen LogP contribution is 1.98. The number of aliphatic imine (C=N–C) groups is 1. The average Bonchev–Trinajstić information content (AvgIpc) is 1.86. The molecule has 32 valence electrons. The van der Waals surface area contributed by atoms with Crippen molar-refractivity contribution in [3.8, 4) is 0 Å². The van der Waals surface area contributed by atoms with E-state index in [1.807, 2.05) is 12.4 Å². The van der Waals surface area contributed by atoms with E-state index in [0.717, 1.165) is 0 Å². The number of rotatable bonds is 0. The first-order valence-corrected chi connectivity index (χ1v) is 2.09. The van der Waals surface area contributed by atoms with Crippen molar-refractivity contribution in [3.63, 3.8) is 0 Å². The lowest BCUT2D eigenvalue weighted by Gasteiger charge is -1.81. The predicted molar refractivity (Wildman–Crippen MR) is 26.8 cm³/mol. The molecule has 1 nitrogen and oxygen atoms in total. The van der Waals surface area contributed by atoms with Crippen molar-refractivity contribution in [1.29, 1.82) is 0 Å². The van der Waals surface area contributed by atoms with Crippen molar-refractivity contribution in [3.05, 3.63) is 12.3 Å². The molecule has 0 aromatic heterocycles. The van der Waals surface area contributed by atoms with Crippen LogP contribution in [0.1, 0.15) is 6.92 Å². The SMILES string of the molecule is CC1C=CN=C1. The number of hydrogen-bond donors (Lipinski definition) is 0. The van der Waals surface area contributed by atoms with Crippen LogP contribution in [0.25, 0.3) is 0 Å². The molecule has 1 unspecified atom stereocenters. The Morgan fingerprint density at radius 2 is 2.50 bits per heavy atom. The molecule has 0 spiro atoms. The van der Waals surface area contributed by atoms with Crippen molar-refractivity contribution in [1.82, 2.24) is 0 Å². The lowest BCUT2D eigenvalue weighted by Crippen LogP contribution is -1.81. The van der Waals surface area contributed by atoms with Crippen LogP contribution in [0.3, 0.4) is 0 Å². The van der Waals surface area contributed by atoms with Crippen LogP contribution >= 0.6 is 0 Å². The van der Waals surface area contributed by atoms with Crippen LogP contribution in [0.4, 0.5) is 0 Å². The molecule has 0 aliphatic carbocycles. The molecule has 0 amide bonds. The molecule has 0 aromatic rings. The molecule has 1 heterocycles. The minimum Gasteiger partial charge on any atom is -0.269 e. The van der Waals surface area contributed by atoms with E-state index >= 15 is 0 Å². The van der Waals surface area contributed by atoms with Gasteiger partial charge in [0.05, 0.1) is 0 Å². The fraction of sp³-hybridized carbons (Fsp3) is 0.400. The van der Waals surface area contributed by atoms with Crippen LogP contribution in [0, 0.1) is 5.92 Å². The van der Waals surface area contributed by atoms with E-state index in [1.165, 1.54) is 0 Å². The first-order valence-electron chi connectivity index (χ1n) is 2.09. The minimum atomic E-state index is 0.574. The van der Waals surface area contributed by atoms with E-state index in [0.29, 0.717) is 5.92 Å². The molecule has 0 saturated carbocycles. The van der Waals surface area contributed by atoms with Crippen LogP contribution in [0.2, 0.25) is 0 Å². The Bertz CT molecular complexity index is 80.1. The summed E-state index contributed by atoms with van der Waals surface area (Å²) in [6.45, 7) is 2.10. The quantitative estimate of drug-likeness (QED) is 0.415. The fourth-order valence-electron chi connectivity index (χ4n) is 0.421. The monoisotopic (exact) mass is 81.1 g/mol. The van der Waals surface area contributed by atoms with Gasteiger partial charge in [0.15, 0.2) is 0 Å². The van der Waals surface area contributed by atoms with Crippen molar-refractivity contribution < 1.29 is 0 Å². The largest absolute Gasteiger partial charge is 0.269 e. The summed E-state index contributed by atoms with van der Waals surface area (Å²) in [7, 11) is 0. The van der Waals surface area contributed by atoms with E-state index in [-0.39, 0.29) is 0 Å². The van der Waals surface area contributed by atoms with Crippen LogP contribution in [-0.2, 0) is 0 Å². The van der Waals surface area contributed by atoms with Gasteiger partial charge in [-0.25, -0.2) is 0 Å². The van der Waals surface area contributed by atoms with Gasteiger partial charge in [0.1, 0.15) is 0 Å². The maximum Gasteiger partial charge on any atom is 0.0230 e. The van der Waals surface area contributed by atoms with Gasteiger partial charge >= 0.3 is 0 Å². The summed E-state index contributed by atoms with van der Waals surface area (Å²) in [5.74, 6) is 0.574. The zero-order valence-electron chi connectivity index (χ0n) is 3.76. The van der Waals surface area contributed by atoms with E-state index < -0.39 is 0 Å². The Morgan fingerprint density at radius 1 is 1.67 bits per heavy atom. The smallest absolute Gasteiger partial charge is 0.0230 e. The lowest BCUT2D eigenvalue weighted by molar-refractivity contribution is 1.05. The molecule has 0 saturated heterocycles. The maximum absolute atomic E-state index is 3.86. The zero-order chi connectivity index (χ0) is 4.41. The van der Waals surface area contributed by atoms with Gasteiger partial charge in [-0.2, -0.15) is 0 Å². The van der Waals surface area contributed by atoms with Gasteiger partial charge in [-0.1, -0.05) is 13.0 Å². The molecule has 1 rings (SSSR count). The fourth-order valence-corrected chi connectivity index (χ4v) is 0.421. The Morgan fingerprint density at radius 3 is 2.67 bits per heavy atom. The Labute approximate surface area is 37.4 Å². The summed E-state index contributed by atoms with van der Waals surface area (Å²) in [6.07, 6.45) is 5.80. The van der Waals surface area contributed by atoms with E-state index in [1.54, 1.807) is 0 Å². The van der Waals surface area contributed by atoms with E-state index in [9.17, 15) is 0 Å². The second-order valence-corrected chi connectivity index (χ2v) is 1.50. The van der Waals surface area contributed by atoms with Gasteiger partial charge < -0.3 is 0 Å². The molecule has 0 fully saturated rings. The highest BCUT2D eigenvalue weighted by Gasteiger charge is 1.91. The molecule has 6 heavy (non-hydrogen) atoms. The second-order valence-electron chi connectivity index (χ2n) is 1.50. The lowest BCUT2D eigenvalue weighted by atomic mass is 10.2. The molecule has 1 aliphatic rings. The zero-order valence-corrected chi connectivity index (χ0v) is 3.76. The molecule has 0 bridgehead atoms. The maximum atomic E-state index is 3.86. The summed E-state index contributed by atoms with van der Waals surface area (Å²) >= 11 is 0. The minimum absolute atomic E-state index is 0.574. The van der Waals surface area contributed by atoms with Gasteiger partial charge in [0, 0.05) is 18.3 Å². The van der Waals surface area contributed by atoms with Crippen molar-refractivity contribution in [2.45, 2.75) is 6.92 Å². The van der Waals surface area contributed by atoms with E-state index in [2.05, 4.69) is 18.0 Å². The third-order valence-electron chi connectivity index (χ3n) is 0.797. The summed E-state index contributed by atoms with van der Waals surface area (Å²) < 4.78 is 0. The molecular weight excluding hydrogens is 74.1 g/mol.